The van der Waals surface area contributed by atoms with Crippen molar-refractivity contribution in [1.82, 2.24) is 0 Å². The molecule has 1 aromatic heterocycles. The zero-order valence-electron chi connectivity index (χ0n) is 13.2. The van der Waals surface area contributed by atoms with Gasteiger partial charge in [0.2, 0.25) is 0 Å². The van der Waals surface area contributed by atoms with Gasteiger partial charge in [-0.15, -0.1) is 0 Å². The van der Waals surface area contributed by atoms with Gasteiger partial charge in [-0.05, 0) is 12.1 Å². The van der Waals surface area contributed by atoms with E-state index in [1.165, 1.54) is 0 Å². The molecule has 118 valence electrons. The van der Waals surface area contributed by atoms with Crippen molar-refractivity contribution in [3.8, 4) is 0 Å². The normalized spacial score (nSPS) is 38.9. The smallest absolute Gasteiger partial charge is 0.133 e. The van der Waals surface area contributed by atoms with Gasteiger partial charge >= 0.3 is 0 Å². The fraction of sp³-hybridized carbons (Fsp3) is 0.750. The summed E-state index contributed by atoms with van der Waals surface area (Å²) in [5.41, 5.74) is -0.0274. The van der Waals surface area contributed by atoms with Crippen LogP contribution >= 0.6 is 0 Å². The minimum absolute atomic E-state index is 0.0137. The van der Waals surface area contributed by atoms with Crippen LogP contribution in [0.4, 0.5) is 0 Å². The third-order valence-corrected chi connectivity index (χ3v) is 4.54. The molecule has 2 aliphatic rings. The summed E-state index contributed by atoms with van der Waals surface area (Å²) in [6, 6.07) is 3.98. The molecule has 1 aromatic rings. The summed E-state index contributed by atoms with van der Waals surface area (Å²) < 4.78 is 28.0. The van der Waals surface area contributed by atoms with Gasteiger partial charge in [0.25, 0.3) is 0 Å². The minimum atomic E-state index is -0.0417. The zero-order valence-corrected chi connectivity index (χ0v) is 13.2. The monoisotopic (exact) mass is 296 g/mol. The summed E-state index contributed by atoms with van der Waals surface area (Å²) >= 11 is 0. The second-order valence-corrected chi connectivity index (χ2v) is 6.80. The molecular weight excluding hydrogens is 272 g/mol. The number of methoxy groups -OCH3 is 2. The first-order valence-corrected chi connectivity index (χ1v) is 7.33. The van der Waals surface area contributed by atoms with Gasteiger partial charge in [0.15, 0.2) is 0 Å². The quantitative estimate of drug-likeness (QED) is 0.808. The molecule has 2 fully saturated rings. The van der Waals surface area contributed by atoms with E-state index in [1.54, 1.807) is 14.2 Å². The van der Waals surface area contributed by atoms with Gasteiger partial charge < -0.3 is 23.4 Å². The van der Waals surface area contributed by atoms with Gasteiger partial charge in [-0.25, -0.2) is 0 Å². The predicted octanol–water partition coefficient (Wildman–Crippen LogP) is 2.73. The molecule has 0 aromatic carbocycles. The highest BCUT2D eigenvalue weighted by atomic mass is 16.5. The van der Waals surface area contributed by atoms with E-state index >= 15 is 0 Å². The fourth-order valence-corrected chi connectivity index (χ4v) is 3.30. The number of rotatable bonds is 6. The molecule has 3 rings (SSSR count). The van der Waals surface area contributed by atoms with Gasteiger partial charge in [0.1, 0.15) is 23.7 Å². The molecule has 0 amide bonds. The zero-order chi connectivity index (χ0) is 15.1. The van der Waals surface area contributed by atoms with Crippen molar-refractivity contribution in [3.05, 3.63) is 23.7 Å². The molecule has 4 unspecified atom stereocenters. The molecular formula is C16H24O5. The highest BCUT2D eigenvalue weighted by Gasteiger charge is 2.50. The molecule has 5 nitrogen and oxygen atoms in total. The van der Waals surface area contributed by atoms with Gasteiger partial charge in [0.05, 0.1) is 26.4 Å². The highest BCUT2D eigenvalue weighted by molar-refractivity contribution is 5.19. The lowest BCUT2D eigenvalue weighted by Gasteiger charge is -2.46. The maximum absolute atomic E-state index is 6.01. The molecule has 5 heteroatoms. The topological polar surface area (TPSA) is 50.1 Å². The number of ether oxygens (including phenoxy) is 4. The Morgan fingerprint density at radius 3 is 1.67 bits per heavy atom. The van der Waals surface area contributed by atoms with Crippen molar-refractivity contribution in [3.63, 3.8) is 0 Å². The summed E-state index contributed by atoms with van der Waals surface area (Å²) in [4.78, 5) is 0. The molecule has 0 saturated carbocycles. The van der Waals surface area contributed by atoms with Crippen LogP contribution in [0.2, 0.25) is 0 Å². The van der Waals surface area contributed by atoms with Crippen LogP contribution in [0.25, 0.3) is 0 Å². The summed E-state index contributed by atoms with van der Waals surface area (Å²) in [7, 11) is 3.43. The lowest BCUT2D eigenvalue weighted by molar-refractivity contribution is -0.219. The molecule has 2 aliphatic heterocycles. The Labute approximate surface area is 125 Å². The first kappa shape index (κ1) is 15.0. The highest BCUT2D eigenvalue weighted by Crippen LogP contribution is 2.50. The Bertz CT molecular complexity index is 456. The van der Waals surface area contributed by atoms with Crippen molar-refractivity contribution in [2.45, 2.75) is 26.1 Å². The van der Waals surface area contributed by atoms with E-state index in [-0.39, 0.29) is 23.0 Å². The largest absolute Gasteiger partial charge is 0.460 e. The maximum Gasteiger partial charge on any atom is 0.133 e. The molecule has 0 N–H and O–H groups in total. The van der Waals surface area contributed by atoms with E-state index in [2.05, 4.69) is 13.8 Å². The Morgan fingerprint density at radius 1 is 0.952 bits per heavy atom. The van der Waals surface area contributed by atoms with Gasteiger partial charge in [0, 0.05) is 25.0 Å². The SMILES string of the molecule is COCC1(C)COC1c1ccc(C2OCC2(C)COC)o1. The average molecular weight is 296 g/mol. The van der Waals surface area contributed by atoms with E-state index in [1.807, 2.05) is 12.1 Å². The molecule has 0 radical (unpaired) electrons. The van der Waals surface area contributed by atoms with Crippen LogP contribution < -0.4 is 0 Å². The van der Waals surface area contributed by atoms with E-state index in [0.717, 1.165) is 11.5 Å². The van der Waals surface area contributed by atoms with Crippen molar-refractivity contribution < 1.29 is 23.4 Å². The van der Waals surface area contributed by atoms with Crippen molar-refractivity contribution in [2.24, 2.45) is 10.8 Å². The van der Waals surface area contributed by atoms with Crippen LogP contribution in [0.15, 0.2) is 16.5 Å². The van der Waals surface area contributed by atoms with Crippen LogP contribution in [-0.2, 0) is 18.9 Å². The van der Waals surface area contributed by atoms with Crippen molar-refractivity contribution in [2.75, 3.05) is 40.6 Å². The fourth-order valence-electron chi connectivity index (χ4n) is 3.30. The number of furan rings is 1. The summed E-state index contributed by atoms with van der Waals surface area (Å²) in [6.45, 7) is 7.03. The first-order chi connectivity index (χ1) is 10.0. The van der Waals surface area contributed by atoms with Crippen molar-refractivity contribution in [1.29, 1.82) is 0 Å². The first-order valence-electron chi connectivity index (χ1n) is 7.33. The average Bonchev–Trinajstić information content (AvgIpc) is 2.85. The Kier molecular flexibility index (Phi) is 3.86. The lowest BCUT2D eigenvalue weighted by atomic mass is 9.79. The Morgan fingerprint density at radius 2 is 1.38 bits per heavy atom. The second kappa shape index (κ2) is 5.39. The molecule has 21 heavy (non-hydrogen) atoms. The molecule has 2 saturated heterocycles. The van der Waals surface area contributed by atoms with Gasteiger partial charge in [-0.1, -0.05) is 13.8 Å². The Hall–Kier alpha value is -0.880. The maximum atomic E-state index is 6.01. The molecule has 0 aliphatic carbocycles. The lowest BCUT2D eigenvalue weighted by Crippen LogP contribution is -2.46. The predicted molar refractivity (Wildman–Crippen MR) is 76.1 cm³/mol. The van der Waals surface area contributed by atoms with Crippen LogP contribution in [0.5, 0.6) is 0 Å². The van der Waals surface area contributed by atoms with Crippen molar-refractivity contribution >= 4 is 0 Å². The van der Waals surface area contributed by atoms with Crippen LogP contribution in [-0.4, -0.2) is 40.6 Å². The third kappa shape index (κ3) is 2.42. The summed E-state index contributed by atoms with van der Waals surface area (Å²) in [5.74, 6) is 1.71. The van der Waals surface area contributed by atoms with Crippen LogP contribution in [0.1, 0.15) is 37.6 Å². The number of hydrogen-bond acceptors (Lipinski definition) is 5. The standard InChI is InChI=1S/C16H24O5/c1-15(7-17-3)9-19-13(15)11-5-6-12(21-11)14-16(2,8-18-4)10-20-14/h5-6,13-14H,7-10H2,1-4H3. The van der Waals surface area contributed by atoms with Crippen LogP contribution in [0, 0.1) is 10.8 Å². The molecule has 3 heterocycles. The van der Waals surface area contributed by atoms with E-state index in [9.17, 15) is 0 Å². The summed E-state index contributed by atoms with van der Waals surface area (Å²) in [5, 5.41) is 0. The molecule has 0 bridgehead atoms. The van der Waals surface area contributed by atoms with E-state index < -0.39 is 0 Å². The number of hydrogen-bond donors (Lipinski definition) is 0. The third-order valence-electron chi connectivity index (χ3n) is 4.54. The molecule has 4 atom stereocenters. The van der Waals surface area contributed by atoms with E-state index in [0.29, 0.717) is 26.4 Å². The van der Waals surface area contributed by atoms with E-state index in [4.69, 9.17) is 23.4 Å². The molecule has 0 spiro atoms. The van der Waals surface area contributed by atoms with Crippen LogP contribution in [0.3, 0.4) is 0 Å². The second-order valence-electron chi connectivity index (χ2n) is 6.80. The Balaban J connectivity index is 1.73. The van der Waals surface area contributed by atoms with Gasteiger partial charge in [-0.3, -0.25) is 0 Å². The summed E-state index contributed by atoms with van der Waals surface area (Å²) in [6.07, 6.45) is -0.0834. The van der Waals surface area contributed by atoms with Gasteiger partial charge in [-0.2, -0.15) is 0 Å². The minimum Gasteiger partial charge on any atom is -0.460 e.